The normalized spacial score (nSPS) is 15.6. The summed E-state index contributed by atoms with van der Waals surface area (Å²) in [7, 11) is 1.65. The molecule has 29 heavy (non-hydrogen) atoms. The lowest BCUT2D eigenvalue weighted by molar-refractivity contribution is 0.0498. The van der Waals surface area contributed by atoms with Crippen molar-refractivity contribution in [2.75, 3.05) is 33.1 Å². The van der Waals surface area contributed by atoms with E-state index in [4.69, 9.17) is 21.1 Å². The lowest BCUT2D eigenvalue weighted by Gasteiger charge is -2.38. The minimum atomic E-state index is -0.272. The van der Waals surface area contributed by atoms with Crippen LogP contribution in [0.2, 0.25) is 5.02 Å². The van der Waals surface area contributed by atoms with Gasteiger partial charge in [-0.05, 0) is 55.0 Å². The predicted molar refractivity (Wildman–Crippen MR) is 118 cm³/mol. The predicted octanol–water partition coefficient (Wildman–Crippen LogP) is 4.62. The molecule has 1 aliphatic heterocycles. The van der Waals surface area contributed by atoms with Crippen LogP contribution in [0.25, 0.3) is 0 Å². The van der Waals surface area contributed by atoms with Gasteiger partial charge >= 0.3 is 6.03 Å². The van der Waals surface area contributed by atoms with Crippen molar-refractivity contribution < 1.29 is 14.3 Å². The number of nitrogens with one attached hydrogen (secondary N) is 2. The third-order valence-corrected chi connectivity index (χ3v) is 6.36. The molecule has 0 radical (unpaired) electrons. The third-order valence-electron chi connectivity index (χ3n) is 5.38. The van der Waals surface area contributed by atoms with Crippen LogP contribution >= 0.6 is 23.4 Å². The number of carbonyl (C=O) groups excluding carboxylic acids is 1. The molecule has 1 aliphatic rings. The Hall–Kier alpha value is -1.89. The van der Waals surface area contributed by atoms with Crippen molar-refractivity contribution in [3.05, 3.63) is 58.6 Å². The highest BCUT2D eigenvalue weighted by Gasteiger charge is 2.37. The molecule has 0 aliphatic carbocycles. The minimum Gasteiger partial charge on any atom is -0.496 e. The van der Waals surface area contributed by atoms with Gasteiger partial charge in [0, 0.05) is 47.2 Å². The number of halogens is 1. The molecule has 2 aromatic rings. The smallest absolute Gasteiger partial charge is 0.315 e. The highest BCUT2D eigenvalue weighted by molar-refractivity contribution is 7.98. The van der Waals surface area contributed by atoms with Crippen molar-refractivity contribution in [2.45, 2.75) is 29.7 Å². The van der Waals surface area contributed by atoms with E-state index in [9.17, 15) is 4.79 Å². The fourth-order valence-electron chi connectivity index (χ4n) is 3.64. The van der Waals surface area contributed by atoms with Crippen molar-refractivity contribution in [1.82, 2.24) is 10.6 Å². The Morgan fingerprint density at radius 3 is 2.55 bits per heavy atom. The van der Waals surface area contributed by atoms with Gasteiger partial charge < -0.3 is 20.1 Å². The number of urea groups is 1. The van der Waals surface area contributed by atoms with Gasteiger partial charge in [-0.3, -0.25) is 0 Å². The van der Waals surface area contributed by atoms with E-state index in [1.165, 1.54) is 4.90 Å². The van der Waals surface area contributed by atoms with E-state index in [0.717, 1.165) is 29.7 Å². The molecule has 0 spiro atoms. The van der Waals surface area contributed by atoms with E-state index in [1.54, 1.807) is 18.9 Å². The summed E-state index contributed by atoms with van der Waals surface area (Å²) in [6.07, 6.45) is 3.63. The van der Waals surface area contributed by atoms with Crippen molar-refractivity contribution in [3.63, 3.8) is 0 Å². The van der Waals surface area contributed by atoms with Crippen LogP contribution in [0.15, 0.2) is 47.4 Å². The molecule has 2 amide bonds. The minimum absolute atomic E-state index is 0.189. The average molecular weight is 435 g/mol. The van der Waals surface area contributed by atoms with Gasteiger partial charge in [-0.2, -0.15) is 0 Å². The van der Waals surface area contributed by atoms with Crippen LogP contribution in [0.4, 0.5) is 4.79 Å². The van der Waals surface area contributed by atoms with E-state index in [0.29, 0.717) is 31.3 Å². The van der Waals surface area contributed by atoms with Crippen molar-refractivity contribution in [2.24, 2.45) is 0 Å². The zero-order valence-corrected chi connectivity index (χ0v) is 18.4. The number of ether oxygens (including phenoxy) is 2. The lowest BCUT2D eigenvalue weighted by Crippen LogP contribution is -2.47. The molecule has 7 heteroatoms. The van der Waals surface area contributed by atoms with E-state index < -0.39 is 0 Å². The van der Waals surface area contributed by atoms with Crippen LogP contribution in [-0.4, -0.2) is 39.2 Å². The number of carbonyl (C=O) groups is 1. The Bertz CT molecular complexity index is 823. The number of thioether (sulfide) groups is 1. The monoisotopic (exact) mass is 434 g/mol. The summed E-state index contributed by atoms with van der Waals surface area (Å²) in [5, 5.41) is 6.64. The number of amides is 2. The molecule has 156 valence electrons. The summed E-state index contributed by atoms with van der Waals surface area (Å²) < 4.78 is 11.2. The molecule has 0 saturated carbocycles. The molecule has 0 atom stereocenters. The quantitative estimate of drug-likeness (QED) is 0.624. The molecule has 1 fully saturated rings. The Balaban J connectivity index is 1.66. The molecule has 3 rings (SSSR count). The first kappa shape index (κ1) is 21.8. The molecule has 0 aromatic heterocycles. The second-order valence-electron chi connectivity index (χ2n) is 7.12. The van der Waals surface area contributed by atoms with Gasteiger partial charge in [-0.25, -0.2) is 4.79 Å². The standard InChI is InChI=1S/C22H27ClN2O3S/c1-27-20-8-5-17(23)13-19(20)22(9-11-28-12-10-22)15-25-21(26)24-14-16-3-6-18(29-2)7-4-16/h3-8,13H,9-12,14-15H2,1-2H3,(H2,24,25,26). The summed E-state index contributed by atoms with van der Waals surface area (Å²) in [4.78, 5) is 13.7. The molecule has 2 N–H and O–H groups in total. The van der Waals surface area contributed by atoms with Crippen LogP contribution < -0.4 is 15.4 Å². The average Bonchev–Trinajstić information content (AvgIpc) is 2.77. The maximum Gasteiger partial charge on any atom is 0.315 e. The van der Waals surface area contributed by atoms with E-state index in [-0.39, 0.29) is 11.4 Å². The van der Waals surface area contributed by atoms with Gasteiger partial charge in [0.25, 0.3) is 0 Å². The number of hydrogen-bond donors (Lipinski definition) is 2. The van der Waals surface area contributed by atoms with Crippen LogP contribution in [0, 0.1) is 0 Å². The van der Waals surface area contributed by atoms with E-state index >= 15 is 0 Å². The Morgan fingerprint density at radius 1 is 1.17 bits per heavy atom. The highest BCUT2D eigenvalue weighted by Crippen LogP contribution is 2.40. The van der Waals surface area contributed by atoms with Crippen LogP contribution in [-0.2, 0) is 16.7 Å². The molecule has 1 saturated heterocycles. The van der Waals surface area contributed by atoms with Gasteiger partial charge in [0.2, 0.25) is 0 Å². The maximum atomic E-state index is 12.5. The first-order valence-electron chi connectivity index (χ1n) is 9.63. The van der Waals surface area contributed by atoms with Crippen LogP contribution in [0.1, 0.15) is 24.0 Å². The third kappa shape index (κ3) is 5.59. The molecule has 5 nitrogen and oxygen atoms in total. The second kappa shape index (κ2) is 10.2. The Morgan fingerprint density at radius 2 is 1.90 bits per heavy atom. The maximum absolute atomic E-state index is 12.5. The van der Waals surface area contributed by atoms with Crippen molar-refractivity contribution in [3.8, 4) is 5.75 Å². The summed E-state index contributed by atoms with van der Waals surface area (Å²) >= 11 is 7.97. The van der Waals surface area contributed by atoms with Crippen molar-refractivity contribution >= 4 is 29.4 Å². The van der Waals surface area contributed by atoms with E-state index in [1.807, 2.05) is 36.6 Å². The summed E-state index contributed by atoms with van der Waals surface area (Å²) in [6.45, 7) is 2.25. The summed E-state index contributed by atoms with van der Waals surface area (Å²) in [5.74, 6) is 0.785. The number of benzene rings is 2. The zero-order valence-electron chi connectivity index (χ0n) is 16.8. The fourth-order valence-corrected chi connectivity index (χ4v) is 4.22. The van der Waals surface area contributed by atoms with Crippen LogP contribution in [0.5, 0.6) is 5.75 Å². The Labute approximate surface area is 181 Å². The highest BCUT2D eigenvalue weighted by atomic mass is 35.5. The zero-order chi connectivity index (χ0) is 20.7. The number of methoxy groups -OCH3 is 1. The van der Waals surface area contributed by atoms with Gasteiger partial charge in [0.15, 0.2) is 0 Å². The Kier molecular flexibility index (Phi) is 7.70. The topological polar surface area (TPSA) is 59.6 Å². The number of hydrogen-bond acceptors (Lipinski definition) is 4. The first-order chi connectivity index (χ1) is 14.1. The van der Waals surface area contributed by atoms with Gasteiger partial charge in [0.1, 0.15) is 5.75 Å². The van der Waals surface area contributed by atoms with E-state index in [2.05, 4.69) is 22.8 Å². The van der Waals surface area contributed by atoms with Gasteiger partial charge in [0.05, 0.1) is 7.11 Å². The molecule has 2 aromatic carbocycles. The molecular weight excluding hydrogens is 408 g/mol. The van der Waals surface area contributed by atoms with Gasteiger partial charge in [-0.1, -0.05) is 23.7 Å². The molecule has 0 unspecified atom stereocenters. The fraction of sp³-hybridized carbons (Fsp3) is 0.409. The molecular formula is C22H27ClN2O3S. The summed E-state index contributed by atoms with van der Waals surface area (Å²) in [5.41, 5.74) is 1.81. The number of rotatable bonds is 7. The largest absolute Gasteiger partial charge is 0.496 e. The SMILES string of the molecule is COc1ccc(Cl)cc1C1(CNC(=O)NCc2ccc(SC)cc2)CCOCC1. The summed E-state index contributed by atoms with van der Waals surface area (Å²) in [6, 6.07) is 13.6. The second-order valence-corrected chi connectivity index (χ2v) is 8.44. The van der Waals surface area contributed by atoms with Gasteiger partial charge in [-0.15, -0.1) is 11.8 Å². The lowest BCUT2D eigenvalue weighted by atomic mass is 9.73. The molecule has 1 heterocycles. The molecule has 0 bridgehead atoms. The van der Waals surface area contributed by atoms with Crippen molar-refractivity contribution in [1.29, 1.82) is 0 Å². The first-order valence-corrected chi connectivity index (χ1v) is 11.2. The van der Waals surface area contributed by atoms with Crippen LogP contribution in [0.3, 0.4) is 0 Å².